The summed E-state index contributed by atoms with van der Waals surface area (Å²) < 4.78 is 6.18. The van der Waals surface area contributed by atoms with E-state index in [2.05, 4.69) is 192 Å². The molecule has 1 aliphatic carbocycles. The van der Waals surface area contributed by atoms with Crippen LogP contribution in [0.15, 0.2) is 223 Å². The van der Waals surface area contributed by atoms with E-state index < -0.39 is 5.41 Å². The molecule has 9 aromatic carbocycles. The zero-order chi connectivity index (χ0) is 39.3. The van der Waals surface area contributed by atoms with Gasteiger partial charge in [-0.05, 0) is 110 Å². The monoisotopic (exact) mass is 752 g/mol. The van der Waals surface area contributed by atoms with Crippen LogP contribution in [0.5, 0.6) is 0 Å². The number of benzene rings is 9. The molecule has 1 aromatic heterocycles. The van der Waals surface area contributed by atoms with E-state index in [1.54, 1.807) is 0 Å². The van der Waals surface area contributed by atoms with Crippen molar-refractivity contribution >= 4 is 44.7 Å². The van der Waals surface area contributed by atoms with E-state index in [9.17, 15) is 0 Å². The number of fused-ring (bicyclic) bond motifs is 6. The molecule has 0 fully saturated rings. The summed E-state index contributed by atoms with van der Waals surface area (Å²) in [6, 6.07) is 77.7. The minimum Gasteiger partial charge on any atom is -0.456 e. The fraction of sp³-hybridized carbons (Fsp3) is 0.0179. The van der Waals surface area contributed by atoms with E-state index in [0.29, 0.717) is 5.69 Å². The van der Waals surface area contributed by atoms with Crippen molar-refractivity contribution in [1.29, 1.82) is 0 Å². The van der Waals surface area contributed by atoms with Crippen LogP contribution < -0.4 is 4.90 Å². The molecule has 0 bridgehead atoms. The molecule has 276 valence electrons. The molecule has 11 rings (SSSR count). The van der Waals surface area contributed by atoms with Crippen LogP contribution in [0.1, 0.15) is 22.3 Å². The quantitative estimate of drug-likeness (QED) is 0.151. The van der Waals surface area contributed by atoms with Crippen LogP contribution >= 0.6 is 0 Å². The maximum Gasteiger partial charge on any atom is 0.187 e. The van der Waals surface area contributed by atoms with E-state index in [1.807, 2.05) is 36.4 Å². The maximum absolute atomic E-state index is 7.63. The van der Waals surface area contributed by atoms with Crippen molar-refractivity contribution in [2.24, 2.45) is 0 Å². The Morgan fingerprint density at radius 1 is 0.390 bits per heavy atom. The number of rotatable bonds is 7. The van der Waals surface area contributed by atoms with Crippen molar-refractivity contribution in [1.82, 2.24) is 0 Å². The van der Waals surface area contributed by atoms with Crippen molar-refractivity contribution < 1.29 is 4.42 Å². The van der Waals surface area contributed by atoms with E-state index in [0.717, 1.165) is 61.3 Å². The van der Waals surface area contributed by atoms with Gasteiger partial charge in [-0.25, -0.2) is 4.85 Å². The molecular formula is C56H36N2O. The third kappa shape index (κ3) is 5.57. The smallest absolute Gasteiger partial charge is 0.187 e. The average Bonchev–Trinajstić information content (AvgIpc) is 3.83. The molecule has 0 spiro atoms. The normalized spacial score (nSPS) is 12.5. The lowest BCUT2D eigenvalue weighted by molar-refractivity contribution is 0.669. The van der Waals surface area contributed by atoms with Crippen LogP contribution in [0, 0.1) is 6.57 Å². The van der Waals surface area contributed by atoms with Crippen molar-refractivity contribution in [3.63, 3.8) is 0 Å². The molecule has 10 aromatic rings. The lowest BCUT2D eigenvalue weighted by atomic mass is 9.67. The van der Waals surface area contributed by atoms with Gasteiger partial charge in [0, 0.05) is 27.8 Å². The van der Waals surface area contributed by atoms with Crippen molar-refractivity contribution in [3.05, 3.63) is 252 Å². The number of hydrogen-bond donors (Lipinski definition) is 0. The first-order chi connectivity index (χ1) is 29.2. The average molecular weight is 753 g/mol. The van der Waals surface area contributed by atoms with E-state index >= 15 is 0 Å². The molecule has 0 saturated carbocycles. The van der Waals surface area contributed by atoms with E-state index in [4.69, 9.17) is 11.0 Å². The minimum absolute atomic E-state index is 0.516. The molecule has 1 aliphatic rings. The van der Waals surface area contributed by atoms with Gasteiger partial charge >= 0.3 is 0 Å². The second-order valence-corrected chi connectivity index (χ2v) is 15.2. The summed E-state index contributed by atoms with van der Waals surface area (Å²) in [5, 5.41) is 2.27. The van der Waals surface area contributed by atoms with Gasteiger partial charge in [-0.15, -0.1) is 0 Å². The van der Waals surface area contributed by atoms with Gasteiger partial charge in [0.25, 0.3) is 0 Å². The SMILES string of the molecule is [C-]#[N+]c1ccc(N(c2ccc(-c3ccc(-c4ccc5c(c4)oc4ccccc45)cc3)cc2)c2ccc3c(c2)C(c2ccccc2)(c2ccccc2)c2ccccc2-3)cc1. The van der Waals surface area contributed by atoms with Gasteiger partial charge in [0.1, 0.15) is 11.2 Å². The predicted molar refractivity (Wildman–Crippen MR) is 243 cm³/mol. The summed E-state index contributed by atoms with van der Waals surface area (Å²) in [7, 11) is 0. The molecule has 1 heterocycles. The minimum atomic E-state index is -0.516. The Hall–Kier alpha value is -7.93. The zero-order valence-corrected chi connectivity index (χ0v) is 32.1. The predicted octanol–water partition coefficient (Wildman–Crippen LogP) is 15.3. The molecule has 0 saturated heterocycles. The Kier molecular flexibility index (Phi) is 8.10. The number of hydrogen-bond acceptors (Lipinski definition) is 2. The lowest BCUT2D eigenvalue weighted by Crippen LogP contribution is -2.28. The van der Waals surface area contributed by atoms with Crippen LogP contribution in [0.2, 0.25) is 0 Å². The first-order valence-electron chi connectivity index (χ1n) is 19.9. The van der Waals surface area contributed by atoms with Gasteiger partial charge < -0.3 is 9.32 Å². The highest BCUT2D eigenvalue weighted by molar-refractivity contribution is 6.06. The molecule has 0 N–H and O–H groups in total. The summed E-state index contributed by atoms with van der Waals surface area (Å²) in [6.07, 6.45) is 0. The highest BCUT2D eigenvalue weighted by Crippen LogP contribution is 2.57. The summed E-state index contributed by atoms with van der Waals surface area (Å²) in [5.41, 5.74) is 17.0. The van der Waals surface area contributed by atoms with Crippen LogP contribution in [-0.4, -0.2) is 0 Å². The molecule has 0 radical (unpaired) electrons. The van der Waals surface area contributed by atoms with Gasteiger partial charge in [0.2, 0.25) is 0 Å². The number of nitrogens with zero attached hydrogens (tertiary/aromatic N) is 2. The molecule has 0 unspecified atom stereocenters. The molecule has 59 heavy (non-hydrogen) atoms. The second kappa shape index (κ2) is 13.9. The van der Waals surface area contributed by atoms with Crippen molar-refractivity contribution in [2.75, 3.05) is 4.90 Å². The van der Waals surface area contributed by atoms with Crippen LogP contribution in [-0.2, 0) is 5.41 Å². The Morgan fingerprint density at radius 2 is 0.898 bits per heavy atom. The van der Waals surface area contributed by atoms with E-state index in [1.165, 1.54) is 33.4 Å². The van der Waals surface area contributed by atoms with Crippen LogP contribution in [0.25, 0.3) is 60.2 Å². The standard InChI is InChI=1S/C56H36N2O/c1-57-44-27-31-46(32-28-44)58(45-29-24-39(25-30-45)38-20-22-40(23-21-38)41-26-34-51-50-17-9-11-19-54(50)59-55(51)36-41)47-33-35-49-48-16-8-10-18-52(48)56(53(49)37-47,42-12-4-2-5-13-42)43-14-6-3-7-15-43/h2-37H. The topological polar surface area (TPSA) is 20.7 Å². The number of furan rings is 1. The largest absolute Gasteiger partial charge is 0.456 e. The lowest BCUT2D eigenvalue weighted by Gasteiger charge is -2.35. The molecule has 0 atom stereocenters. The summed E-state index contributed by atoms with van der Waals surface area (Å²) in [5.74, 6) is 0. The Morgan fingerprint density at radius 3 is 1.58 bits per heavy atom. The fourth-order valence-electron chi connectivity index (χ4n) is 9.26. The summed E-state index contributed by atoms with van der Waals surface area (Å²) >= 11 is 0. The van der Waals surface area contributed by atoms with Gasteiger partial charge in [-0.2, -0.15) is 0 Å². The first kappa shape index (κ1) is 34.3. The molecule has 0 amide bonds. The second-order valence-electron chi connectivity index (χ2n) is 15.2. The van der Waals surface area contributed by atoms with Gasteiger partial charge in [-0.1, -0.05) is 164 Å². The highest BCUT2D eigenvalue weighted by Gasteiger charge is 2.46. The van der Waals surface area contributed by atoms with Crippen LogP contribution in [0.3, 0.4) is 0 Å². The number of para-hydroxylation sites is 1. The third-order valence-corrected chi connectivity index (χ3v) is 12.0. The summed E-state index contributed by atoms with van der Waals surface area (Å²) in [6.45, 7) is 7.63. The molecule has 0 aliphatic heterocycles. The molecule has 3 nitrogen and oxygen atoms in total. The Labute approximate surface area is 343 Å². The van der Waals surface area contributed by atoms with E-state index in [-0.39, 0.29) is 0 Å². The third-order valence-electron chi connectivity index (χ3n) is 12.0. The Balaban J connectivity index is 0.997. The number of anilines is 3. The molecular weight excluding hydrogens is 717 g/mol. The zero-order valence-electron chi connectivity index (χ0n) is 32.1. The fourth-order valence-corrected chi connectivity index (χ4v) is 9.26. The van der Waals surface area contributed by atoms with Crippen molar-refractivity contribution in [3.8, 4) is 33.4 Å². The van der Waals surface area contributed by atoms with Gasteiger partial charge in [0.05, 0.1) is 12.0 Å². The highest BCUT2D eigenvalue weighted by atomic mass is 16.3. The first-order valence-corrected chi connectivity index (χ1v) is 19.9. The maximum atomic E-state index is 7.63. The summed E-state index contributed by atoms with van der Waals surface area (Å²) in [4.78, 5) is 6.00. The molecule has 3 heteroatoms. The van der Waals surface area contributed by atoms with Crippen molar-refractivity contribution in [2.45, 2.75) is 5.41 Å². The van der Waals surface area contributed by atoms with Gasteiger partial charge in [-0.3, -0.25) is 0 Å². The Bertz CT molecular complexity index is 3150. The van der Waals surface area contributed by atoms with Crippen LogP contribution in [0.4, 0.5) is 22.7 Å². The van der Waals surface area contributed by atoms with Gasteiger partial charge in [0.15, 0.2) is 5.69 Å².